The number of nitrogen functional groups attached to an aromatic ring is 1. The fourth-order valence-electron chi connectivity index (χ4n) is 1.17. The molecule has 0 atom stereocenters. The van der Waals surface area contributed by atoms with E-state index in [0.29, 0.717) is 6.07 Å². The average Bonchev–Trinajstić information content (AvgIpc) is 2.33. The molecular formula is C10H13F3N2O3S. The molecule has 0 aliphatic rings. The molecule has 19 heavy (non-hydrogen) atoms. The zero-order valence-corrected chi connectivity index (χ0v) is 10.8. The number of rotatable bonds is 5. The Kier molecular flexibility index (Phi) is 4.43. The summed E-state index contributed by atoms with van der Waals surface area (Å²) in [5.74, 6) is -4.45. The molecule has 0 amide bonds. The number of sulfonamides is 1. The van der Waals surface area contributed by atoms with Crippen molar-refractivity contribution in [1.29, 1.82) is 0 Å². The smallest absolute Gasteiger partial charge is 0.283 e. The van der Waals surface area contributed by atoms with Gasteiger partial charge in [0, 0.05) is 11.3 Å². The van der Waals surface area contributed by atoms with Gasteiger partial charge in [-0.05, 0) is 19.1 Å². The van der Waals surface area contributed by atoms with Crippen molar-refractivity contribution < 1.29 is 26.7 Å². The van der Waals surface area contributed by atoms with Crippen LogP contribution in [0, 0.1) is 12.7 Å². The first kappa shape index (κ1) is 15.7. The third kappa shape index (κ3) is 3.82. The number of halogens is 3. The highest BCUT2D eigenvalue weighted by atomic mass is 32.2. The summed E-state index contributed by atoms with van der Waals surface area (Å²) in [7, 11) is -4.33. The normalized spacial score (nSPS) is 12.7. The summed E-state index contributed by atoms with van der Waals surface area (Å²) >= 11 is 0. The third-order valence-corrected chi connectivity index (χ3v) is 3.80. The summed E-state index contributed by atoms with van der Waals surface area (Å²) in [5.41, 5.74) is 5.37. The molecule has 0 saturated heterocycles. The molecule has 0 unspecified atom stereocenters. The lowest BCUT2D eigenvalue weighted by molar-refractivity contribution is -0.0437. The molecule has 0 heterocycles. The number of aliphatic hydroxyl groups is 1. The summed E-state index contributed by atoms with van der Waals surface area (Å²) in [6.45, 7) is -1.43. The second-order valence-corrected chi connectivity index (χ2v) is 5.72. The number of hydrogen-bond acceptors (Lipinski definition) is 4. The number of nitrogens with two attached hydrogens (primary N) is 1. The number of nitrogens with one attached hydrogen (secondary N) is 1. The second-order valence-electron chi connectivity index (χ2n) is 3.96. The van der Waals surface area contributed by atoms with Crippen LogP contribution in [-0.2, 0) is 10.0 Å². The van der Waals surface area contributed by atoms with Gasteiger partial charge in [0.05, 0.1) is 11.4 Å². The van der Waals surface area contributed by atoms with Gasteiger partial charge in [-0.3, -0.25) is 0 Å². The molecule has 0 spiro atoms. The van der Waals surface area contributed by atoms with Gasteiger partial charge in [0.1, 0.15) is 12.4 Å². The van der Waals surface area contributed by atoms with Gasteiger partial charge in [-0.15, -0.1) is 0 Å². The molecule has 0 radical (unpaired) electrons. The minimum atomic E-state index is -4.33. The molecule has 0 saturated carbocycles. The van der Waals surface area contributed by atoms with Gasteiger partial charge in [0.25, 0.3) is 5.92 Å². The molecule has 108 valence electrons. The van der Waals surface area contributed by atoms with Crippen molar-refractivity contribution in [2.75, 3.05) is 18.9 Å². The van der Waals surface area contributed by atoms with Crippen molar-refractivity contribution in [3.8, 4) is 0 Å². The highest BCUT2D eigenvalue weighted by molar-refractivity contribution is 7.89. The standard InChI is InChI=1S/C10H13F3N2O3S/c1-6-8(11)2-7(3-9(6)14)19(17,18)15-4-10(12,13)5-16/h2-3,15-16H,4-5,14H2,1H3. The first-order valence-electron chi connectivity index (χ1n) is 5.13. The van der Waals surface area contributed by atoms with E-state index in [1.54, 1.807) is 4.72 Å². The van der Waals surface area contributed by atoms with Crippen molar-refractivity contribution in [3.63, 3.8) is 0 Å². The molecule has 1 aromatic carbocycles. The SMILES string of the molecule is Cc1c(N)cc(S(=O)(=O)NCC(F)(F)CO)cc1F. The van der Waals surface area contributed by atoms with Crippen LogP contribution in [-0.4, -0.2) is 32.6 Å². The number of alkyl halides is 2. The van der Waals surface area contributed by atoms with Gasteiger partial charge >= 0.3 is 0 Å². The number of hydrogen-bond donors (Lipinski definition) is 3. The Balaban J connectivity index is 3.02. The first-order chi connectivity index (χ1) is 8.59. The number of benzene rings is 1. The average molecular weight is 298 g/mol. The van der Waals surface area contributed by atoms with Gasteiger partial charge in [-0.25, -0.2) is 26.3 Å². The molecule has 0 bridgehead atoms. The fraction of sp³-hybridized carbons (Fsp3) is 0.400. The Hall–Kier alpha value is -1.32. The molecule has 4 N–H and O–H groups in total. The molecule has 0 fully saturated rings. The van der Waals surface area contributed by atoms with Crippen LogP contribution >= 0.6 is 0 Å². The maximum atomic E-state index is 13.4. The van der Waals surface area contributed by atoms with Gasteiger partial charge in [0.2, 0.25) is 10.0 Å². The Morgan fingerprint density at radius 1 is 1.42 bits per heavy atom. The van der Waals surface area contributed by atoms with Crippen LogP contribution in [0.15, 0.2) is 17.0 Å². The molecule has 9 heteroatoms. The fourth-order valence-corrected chi connectivity index (χ4v) is 2.28. The predicted octanol–water partition coefficient (Wildman–Crippen LogP) is 0.622. The van der Waals surface area contributed by atoms with Crippen LogP contribution in [0.5, 0.6) is 0 Å². The monoisotopic (exact) mass is 298 g/mol. The summed E-state index contributed by atoms with van der Waals surface area (Å²) in [5, 5.41) is 8.32. The lowest BCUT2D eigenvalue weighted by Gasteiger charge is -2.14. The molecule has 0 aliphatic heterocycles. The number of anilines is 1. The first-order valence-corrected chi connectivity index (χ1v) is 6.61. The van der Waals surface area contributed by atoms with E-state index in [1.165, 1.54) is 6.92 Å². The largest absolute Gasteiger partial charge is 0.398 e. The number of aliphatic hydroxyl groups excluding tert-OH is 1. The molecule has 1 aromatic rings. The van der Waals surface area contributed by atoms with Crippen LogP contribution in [0.1, 0.15) is 5.56 Å². The lowest BCUT2D eigenvalue weighted by atomic mass is 10.2. The van der Waals surface area contributed by atoms with Gasteiger partial charge in [0.15, 0.2) is 0 Å². The lowest BCUT2D eigenvalue weighted by Crippen LogP contribution is -2.39. The second kappa shape index (κ2) is 5.35. The van der Waals surface area contributed by atoms with E-state index in [0.717, 1.165) is 6.07 Å². The molecule has 5 nitrogen and oxygen atoms in total. The van der Waals surface area contributed by atoms with Gasteiger partial charge in [-0.2, -0.15) is 0 Å². The van der Waals surface area contributed by atoms with Crippen molar-refractivity contribution in [2.45, 2.75) is 17.7 Å². The van der Waals surface area contributed by atoms with E-state index < -0.39 is 39.8 Å². The van der Waals surface area contributed by atoms with Gasteiger partial charge in [-0.1, -0.05) is 0 Å². The van der Waals surface area contributed by atoms with Crippen LogP contribution in [0.4, 0.5) is 18.9 Å². The van der Waals surface area contributed by atoms with E-state index in [9.17, 15) is 21.6 Å². The van der Waals surface area contributed by atoms with Crippen LogP contribution in [0.3, 0.4) is 0 Å². The van der Waals surface area contributed by atoms with Crippen molar-refractivity contribution in [2.24, 2.45) is 0 Å². The van der Waals surface area contributed by atoms with Crippen LogP contribution in [0.2, 0.25) is 0 Å². The minimum Gasteiger partial charge on any atom is -0.398 e. The van der Waals surface area contributed by atoms with Crippen molar-refractivity contribution in [3.05, 3.63) is 23.5 Å². The summed E-state index contributed by atoms with van der Waals surface area (Å²) in [6, 6.07) is 1.66. The van der Waals surface area contributed by atoms with Crippen LogP contribution < -0.4 is 10.5 Å². The minimum absolute atomic E-state index is 0.0691. The van der Waals surface area contributed by atoms with E-state index in [4.69, 9.17) is 10.8 Å². The third-order valence-electron chi connectivity index (χ3n) is 2.42. The van der Waals surface area contributed by atoms with Crippen LogP contribution in [0.25, 0.3) is 0 Å². The molecule has 0 aliphatic carbocycles. The highest BCUT2D eigenvalue weighted by Crippen LogP contribution is 2.21. The van der Waals surface area contributed by atoms with E-state index in [1.807, 2.05) is 0 Å². The van der Waals surface area contributed by atoms with E-state index in [-0.39, 0.29) is 11.3 Å². The quantitative estimate of drug-likeness (QED) is 0.695. The Morgan fingerprint density at radius 2 is 2.00 bits per heavy atom. The predicted molar refractivity (Wildman–Crippen MR) is 62.8 cm³/mol. The topological polar surface area (TPSA) is 92.4 Å². The zero-order valence-electron chi connectivity index (χ0n) is 9.95. The van der Waals surface area contributed by atoms with Crippen molar-refractivity contribution in [1.82, 2.24) is 4.72 Å². The zero-order chi connectivity index (χ0) is 14.8. The van der Waals surface area contributed by atoms with E-state index in [2.05, 4.69) is 0 Å². The molecule has 1 rings (SSSR count). The molecular weight excluding hydrogens is 285 g/mol. The van der Waals surface area contributed by atoms with E-state index >= 15 is 0 Å². The maximum Gasteiger partial charge on any atom is 0.283 e. The molecule has 0 aromatic heterocycles. The maximum absolute atomic E-state index is 13.4. The Bertz CT molecular complexity index is 552. The highest BCUT2D eigenvalue weighted by Gasteiger charge is 2.30. The summed E-state index contributed by atoms with van der Waals surface area (Å²) < 4.78 is 63.7. The Labute approximate surface area is 108 Å². The summed E-state index contributed by atoms with van der Waals surface area (Å²) in [6.07, 6.45) is 0. The summed E-state index contributed by atoms with van der Waals surface area (Å²) in [4.78, 5) is -0.554. The van der Waals surface area contributed by atoms with Crippen molar-refractivity contribution >= 4 is 15.7 Å². The van der Waals surface area contributed by atoms with Gasteiger partial charge < -0.3 is 10.8 Å². The Morgan fingerprint density at radius 3 is 2.47 bits per heavy atom.